The van der Waals surface area contributed by atoms with Crippen molar-refractivity contribution in [3.05, 3.63) is 0 Å². The van der Waals surface area contributed by atoms with E-state index in [-0.39, 0.29) is 6.54 Å². The maximum atomic E-state index is 10.6. The summed E-state index contributed by atoms with van der Waals surface area (Å²) in [7, 11) is 1.53. The van der Waals surface area contributed by atoms with Gasteiger partial charge >= 0.3 is 5.97 Å². The predicted molar refractivity (Wildman–Crippen MR) is 51.1 cm³/mol. The number of hydrogen-bond acceptors (Lipinski definition) is 5. The molecule has 0 aliphatic rings. The number of carboxylic acid groups (broad SMARTS) is 1. The van der Waals surface area contributed by atoms with Crippen LogP contribution in [0.2, 0.25) is 0 Å². The molecule has 0 heterocycles. The normalized spacial score (nSPS) is 12.1. The lowest BCUT2D eigenvalue weighted by Gasteiger charge is -2.13. The fourth-order valence-corrected chi connectivity index (χ4v) is 0.785. The van der Waals surface area contributed by atoms with E-state index in [1.54, 1.807) is 0 Å². The lowest BCUT2D eigenvalue weighted by Crippen LogP contribution is -2.46. The van der Waals surface area contributed by atoms with E-state index in [1.165, 1.54) is 14.0 Å². The van der Waals surface area contributed by atoms with Crippen molar-refractivity contribution in [3.8, 4) is 0 Å². The molecule has 88 valence electrons. The molecule has 1 unspecified atom stereocenters. The molecule has 0 saturated heterocycles. The zero-order valence-electron chi connectivity index (χ0n) is 8.78. The SMILES string of the molecule is COCCONCC(NC(C)=O)C(=O)O. The second-order valence-electron chi connectivity index (χ2n) is 2.78. The summed E-state index contributed by atoms with van der Waals surface area (Å²) < 4.78 is 4.71. The molecule has 0 aromatic rings. The van der Waals surface area contributed by atoms with E-state index in [4.69, 9.17) is 14.7 Å². The molecule has 0 fully saturated rings. The van der Waals surface area contributed by atoms with Crippen LogP contribution >= 0.6 is 0 Å². The summed E-state index contributed by atoms with van der Waals surface area (Å²) >= 11 is 0. The maximum absolute atomic E-state index is 10.6. The smallest absolute Gasteiger partial charge is 0.327 e. The van der Waals surface area contributed by atoms with Crippen LogP contribution in [0.5, 0.6) is 0 Å². The number of carboxylic acids is 1. The average Bonchev–Trinajstić information content (AvgIpc) is 2.15. The number of hydrogen-bond donors (Lipinski definition) is 3. The van der Waals surface area contributed by atoms with Crippen molar-refractivity contribution in [1.82, 2.24) is 10.8 Å². The van der Waals surface area contributed by atoms with Crippen molar-refractivity contribution in [3.63, 3.8) is 0 Å². The third-order valence-corrected chi connectivity index (χ3v) is 1.45. The first-order valence-electron chi connectivity index (χ1n) is 4.41. The molecule has 0 aliphatic carbocycles. The molecule has 1 amide bonds. The highest BCUT2D eigenvalue weighted by Gasteiger charge is 2.17. The minimum Gasteiger partial charge on any atom is -0.480 e. The Kier molecular flexibility index (Phi) is 7.51. The highest BCUT2D eigenvalue weighted by atomic mass is 16.7. The second kappa shape index (κ2) is 8.16. The quantitative estimate of drug-likeness (QED) is 0.349. The Morgan fingerprint density at radius 2 is 2.07 bits per heavy atom. The van der Waals surface area contributed by atoms with Gasteiger partial charge in [-0.2, -0.15) is 5.48 Å². The van der Waals surface area contributed by atoms with Crippen LogP contribution in [0.15, 0.2) is 0 Å². The Labute approximate surface area is 87.7 Å². The van der Waals surface area contributed by atoms with E-state index in [1.807, 2.05) is 0 Å². The Hall–Kier alpha value is -1.18. The van der Waals surface area contributed by atoms with Crippen LogP contribution in [0.4, 0.5) is 0 Å². The average molecular weight is 220 g/mol. The summed E-state index contributed by atoms with van der Waals surface area (Å²) in [5.74, 6) is -1.52. The van der Waals surface area contributed by atoms with E-state index >= 15 is 0 Å². The van der Waals surface area contributed by atoms with Gasteiger partial charge in [0.25, 0.3) is 0 Å². The summed E-state index contributed by atoms with van der Waals surface area (Å²) in [5.41, 5.74) is 2.43. The number of amides is 1. The van der Waals surface area contributed by atoms with E-state index in [0.717, 1.165) is 0 Å². The van der Waals surface area contributed by atoms with Gasteiger partial charge in [-0.05, 0) is 0 Å². The summed E-state index contributed by atoms with van der Waals surface area (Å²) in [4.78, 5) is 26.1. The van der Waals surface area contributed by atoms with Gasteiger partial charge in [-0.25, -0.2) is 4.79 Å². The molecular weight excluding hydrogens is 204 g/mol. The van der Waals surface area contributed by atoms with Gasteiger partial charge in [0.2, 0.25) is 5.91 Å². The Bertz CT molecular complexity index is 209. The van der Waals surface area contributed by atoms with Crippen molar-refractivity contribution in [2.75, 3.05) is 26.9 Å². The van der Waals surface area contributed by atoms with Crippen LogP contribution in [0, 0.1) is 0 Å². The molecule has 0 bridgehead atoms. The molecule has 0 radical (unpaired) electrons. The zero-order valence-corrected chi connectivity index (χ0v) is 8.78. The number of carbonyl (C=O) groups excluding carboxylic acids is 1. The Morgan fingerprint density at radius 1 is 1.40 bits per heavy atom. The van der Waals surface area contributed by atoms with Crippen LogP contribution in [0.3, 0.4) is 0 Å². The molecule has 0 spiro atoms. The fraction of sp³-hybridized carbons (Fsp3) is 0.750. The van der Waals surface area contributed by atoms with E-state index in [2.05, 4.69) is 10.8 Å². The number of ether oxygens (including phenoxy) is 1. The van der Waals surface area contributed by atoms with Crippen molar-refractivity contribution < 1.29 is 24.3 Å². The zero-order chi connectivity index (χ0) is 11.7. The third-order valence-electron chi connectivity index (χ3n) is 1.45. The maximum Gasteiger partial charge on any atom is 0.327 e. The summed E-state index contributed by atoms with van der Waals surface area (Å²) in [5, 5.41) is 10.9. The summed E-state index contributed by atoms with van der Waals surface area (Å²) in [6.45, 7) is 1.97. The van der Waals surface area contributed by atoms with Crippen LogP contribution in [-0.2, 0) is 19.2 Å². The van der Waals surface area contributed by atoms with Crippen LogP contribution < -0.4 is 10.8 Å². The molecule has 0 saturated carbocycles. The highest BCUT2D eigenvalue weighted by Crippen LogP contribution is 1.83. The summed E-state index contributed by atoms with van der Waals surface area (Å²) in [6.07, 6.45) is 0. The van der Waals surface area contributed by atoms with Gasteiger partial charge < -0.3 is 15.2 Å². The van der Waals surface area contributed by atoms with Gasteiger partial charge in [0.05, 0.1) is 19.8 Å². The Balaban J connectivity index is 3.67. The lowest BCUT2D eigenvalue weighted by molar-refractivity contribution is -0.142. The third kappa shape index (κ3) is 7.86. The van der Waals surface area contributed by atoms with E-state index in [0.29, 0.717) is 13.2 Å². The molecule has 1 atom stereocenters. The molecule has 0 rings (SSSR count). The van der Waals surface area contributed by atoms with Gasteiger partial charge in [0.1, 0.15) is 6.04 Å². The van der Waals surface area contributed by atoms with Crippen molar-refractivity contribution in [2.45, 2.75) is 13.0 Å². The topological polar surface area (TPSA) is 96.9 Å². The lowest BCUT2D eigenvalue weighted by atomic mass is 10.3. The largest absolute Gasteiger partial charge is 0.480 e. The minimum absolute atomic E-state index is 0.00136. The van der Waals surface area contributed by atoms with Crippen LogP contribution in [0.1, 0.15) is 6.92 Å². The van der Waals surface area contributed by atoms with Crippen molar-refractivity contribution in [2.24, 2.45) is 0 Å². The monoisotopic (exact) mass is 220 g/mol. The molecule has 0 aromatic carbocycles. The fourth-order valence-electron chi connectivity index (χ4n) is 0.785. The number of hydroxylamine groups is 1. The van der Waals surface area contributed by atoms with Gasteiger partial charge in [0, 0.05) is 14.0 Å². The number of carbonyl (C=O) groups is 2. The standard InChI is InChI=1S/C8H16N2O5/c1-6(11)10-7(8(12)13)5-9-15-4-3-14-2/h7,9H,3-5H2,1-2H3,(H,10,11)(H,12,13). The van der Waals surface area contributed by atoms with Crippen molar-refractivity contribution >= 4 is 11.9 Å². The van der Waals surface area contributed by atoms with Gasteiger partial charge in [-0.1, -0.05) is 0 Å². The second-order valence-corrected chi connectivity index (χ2v) is 2.78. The van der Waals surface area contributed by atoms with E-state index in [9.17, 15) is 9.59 Å². The highest BCUT2D eigenvalue weighted by molar-refractivity contribution is 5.82. The molecule has 7 heteroatoms. The number of nitrogens with one attached hydrogen (secondary N) is 2. The molecule has 15 heavy (non-hydrogen) atoms. The Morgan fingerprint density at radius 3 is 2.53 bits per heavy atom. The minimum atomic E-state index is -1.12. The van der Waals surface area contributed by atoms with Crippen LogP contribution in [-0.4, -0.2) is 49.9 Å². The molecule has 7 nitrogen and oxygen atoms in total. The predicted octanol–water partition coefficient (Wildman–Crippen LogP) is -1.26. The van der Waals surface area contributed by atoms with Gasteiger partial charge in [-0.3, -0.25) is 9.63 Å². The van der Waals surface area contributed by atoms with Crippen molar-refractivity contribution in [1.29, 1.82) is 0 Å². The summed E-state index contributed by atoms with van der Waals surface area (Å²) in [6, 6.07) is -0.995. The number of rotatable bonds is 8. The van der Waals surface area contributed by atoms with E-state index < -0.39 is 17.9 Å². The first kappa shape index (κ1) is 13.8. The number of aliphatic carboxylic acids is 1. The number of methoxy groups -OCH3 is 1. The first-order chi connectivity index (χ1) is 7.07. The first-order valence-corrected chi connectivity index (χ1v) is 4.41. The molecular formula is C8H16N2O5. The molecule has 3 N–H and O–H groups in total. The molecule has 0 aliphatic heterocycles. The molecule has 0 aromatic heterocycles. The van der Waals surface area contributed by atoms with Gasteiger partial charge in [0.15, 0.2) is 0 Å². The van der Waals surface area contributed by atoms with Gasteiger partial charge in [-0.15, -0.1) is 0 Å². The van der Waals surface area contributed by atoms with Crippen LogP contribution in [0.25, 0.3) is 0 Å².